The number of likely N-dealkylation sites (N-methyl/N-ethyl adjacent to an activating group) is 1. The number of nitro groups is 1. The first-order valence-corrected chi connectivity index (χ1v) is 11.8. The third-order valence-electron chi connectivity index (χ3n) is 4.43. The maximum absolute atomic E-state index is 13.1. The Morgan fingerprint density at radius 3 is 2.48 bits per heavy atom. The van der Waals surface area contributed by atoms with Gasteiger partial charge in [0.25, 0.3) is 5.69 Å². The molecule has 180 valence electrons. The van der Waals surface area contributed by atoms with Gasteiger partial charge in [-0.2, -0.15) is 4.31 Å². The van der Waals surface area contributed by atoms with Crippen molar-refractivity contribution in [1.29, 1.82) is 0 Å². The summed E-state index contributed by atoms with van der Waals surface area (Å²) in [5.41, 5.74) is 5.35. The highest BCUT2D eigenvalue weighted by Crippen LogP contribution is 2.27. The molecule has 0 fully saturated rings. The van der Waals surface area contributed by atoms with Crippen molar-refractivity contribution in [3.05, 3.63) is 57.6 Å². The normalized spacial score (nSPS) is 12.9. The van der Waals surface area contributed by atoms with Crippen LogP contribution in [0.25, 0.3) is 0 Å². The van der Waals surface area contributed by atoms with Crippen LogP contribution < -0.4 is 11.1 Å². The van der Waals surface area contributed by atoms with Gasteiger partial charge in [-0.25, -0.2) is 8.42 Å². The van der Waals surface area contributed by atoms with Gasteiger partial charge in [0.15, 0.2) is 4.90 Å². The number of esters is 1. The highest BCUT2D eigenvalue weighted by atomic mass is 35.5. The van der Waals surface area contributed by atoms with Crippen LogP contribution in [0, 0.1) is 10.1 Å². The molecule has 33 heavy (non-hydrogen) atoms. The number of nitrogen functional groups attached to an aromatic ring is 1. The standard InChI is InChI=1S/C21H27ClN4O6S/c1-21(2,3)32-20(27)12-15(24-14-9-10-17(23)16(22)11-14)13-25(4)33(30,31)19-8-6-5-7-18(19)26(28)29/h5-11,15,24H,12-13,23H2,1-4H3/t15-/m0/s1. The average Bonchev–Trinajstić information content (AvgIpc) is 2.69. The Morgan fingerprint density at radius 2 is 1.91 bits per heavy atom. The van der Waals surface area contributed by atoms with Gasteiger partial charge in [-0.05, 0) is 45.0 Å². The molecule has 3 N–H and O–H groups in total. The SMILES string of the molecule is CN(C[C@H](CC(=O)OC(C)(C)C)Nc1ccc(N)c(Cl)c1)S(=O)(=O)c1ccccc1[N+](=O)[O-]. The quantitative estimate of drug-likeness (QED) is 0.230. The number of sulfonamides is 1. The van der Waals surface area contributed by atoms with Crippen LogP contribution >= 0.6 is 11.6 Å². The number of para-hydroxylation sites is 1. The minimum Gasteiger partial charge on any atom is -0.460 e. The number of rotatable bonds is 9. The van der Waals surface area contributed by atoms with Gasteiger partial charge in [0, 0.05) is 25.3 Å². The fraction of sp³-hybridized carbons (Fsp3) is 0.381. The van der Waals surface area contributed by atoms with Gasteiger partial charge in [-0.3, -0.25) is 14.9 Å². The second-order valence-corrected chi connectivity index (χ2v) is 10.8. The lowest BCUT2D eigenvalue weighted by Gasteiger charge is -2.27. The van der Waals surface area contributed by atoms with E-state index in [1.807, 2.05) is 0 Å². The van der Waals surface area contributed by atoms with Crippen LogP contribution in [0.4, 0.5) is 17.1 Å². The summed E-state index contributed by atoms with van der Waals surface area (Å²) in [6, 6.07) is 9.10. The third-order valence-corrected chi connectivity index (χ3v) is 6.63. The summed E-state index contributed by atoms with van der Waals surface area (Å²) in [5.74, 6) is -0.543. The summed E-state index contributed by atoms with van der Waals surface area (Å²) in [6.07, 6.45) is -0.171. The first kappa shape index (κ1) is 26.4. The Bertz CT molecular complexity index is 1130. The van der Waals surface area contributed by atoms with Crippen LogP contribution in [0.1, 0.15) is 27.2 Å². The predicted molar refractivity (Wildman–Crippen MR) is 127 cm³/mol. The second-order valence-electron chi connectivity index (χ2n) is 8.38. The van der Waals surface area contributed by atoms with Crippen molar-refractivity contribution in [3.63, 3.8) is 0 Å². The molecule has 2 aromatic rings. The zero-order chi connectivity index (χ0) is 25.0. The number of carbonyl (C=O) groups is 1. The van der Waals surface area contributed by atoms with Crippen LogP contribution in [-0.2, 0) is 19.6 Å². The van der Waals surface area contributed by atoms with Gasteiger partial charge >= 0.3 is 5.97 Å². The molecule has 0 saturated heterocycles. The van der Waals surface area contributed by atoms with Gasteiger partial charge in [0.05, 0.1) is 28.1 Å². The molecule has 1 atom stereocenters. The van der Waals surface area contributed by atoms with E-state index < -0.39 is 43.1 Å². The van der Waals surface area contributed by atoms with Crippen molar-refractivity contribution < 1.29 is 22.9 Å². The number of hydrogen-bond acceptors (Lipinski definition) is 8. The summed E-state index contributed by atoms with van der Waals surface area (Å²) in [7, 11) is -2.95. The van der Waals surface area contributed by atoms with Crippen molar-refractivity contribution in [2.24, 2.45) is 0 Å². The minimum absolute atomic E-state index is 0.171. The van der Waals surface area contributed by atoms with Crippen LogP contribution in [-0.4, -0.2) is 48.9 Å². The second kappa shape index (κ2) is 10.4. The average molecular weight is 499 g/mol. The summed E-state index contributed by atoms with van der Waals surface area (Å²) >= 11 is 6.07. The molecule has 0 aliphatic carbocycles. The topological polar surface area (TPSA) is 145 Å². The van der Waals surface area contributed by atoms with E-state index in [0.717, 1.165) is 10.4 Å². The Kier molecular flexibility index (Phi) is 8.28. The maximum Gasteiger partial charge on any atom is 0.308 e. The monoisotopic (exact) mass is 498 g/mol. The number of benzene rings is 2. The molecule has 0 unspecified atom stereocenters. The molecule has 0 spiro atoms. The van der Waals surface area contributed by atoms with Crippen molar-refractivity contribution in [2.45, 2.75) is 43.7 Å². The first-order valence-electron chi connectivity index (χ1n) is 9.94. The van der Waals surface area contributed by atoms with Crippen LogP contribution in [0.2, 0.25) is 5.02 Å². The Hall–Kier alpha value is -2.89. The maximum atomic E-state index is 13.1. The number of carbonyl (C=O) groups excluding carboxylic acids is 1. The highest BCUT2D eigenvalue weighted by Gasteiger charge is 2.31. The molecule has 0 saturated carbocycles. The zero-order valence-electron chi connectivity index (χ0n) is 18.7. The van der Waals surface area contributed by atoms with Crippen LogP contribution in [0.3, 0.4) is 0 Å². The zero-order valence-corrected chi connectivity index (χ0v) is 20.3. The van der Waals surface area contributed by atoms with Crippen LogP contribution in [0.5, 0.6) is 0 Å². The largest absolute Gasteiger partial charge is 0.460 e. The summed E-state index contributed by atoms with van der Waals surface area (Å²) in [6.45, 7) is 4.98. The summed E-state index contributed by atoms with van der Waals surface area (Å²) in [4.78, 5) is 22.6. The molecule has 0 bridgehead atoms. The van der Waals surface area contributed by atoms with E-state index in [-0.39, 0.29) is 18.0 Å². The molecule has 10 nitrogen and oxygen atoms in total. The number of nitrogens with zero attached hydrogens (tertiary/aromatic N) is 2. The number of anilines is 2. The lowest BCUT2D eigenvalue weighted by atomic mass is 10.1. The highest BCUT2D eigenvalue weighted by molar-refractivity contribution is 7.89. The lowest BCUT2D eigenvalue weighted by Crippen LogP contribution is -2.40. The number of halogens is 1. The molecule has 0 aliphatic rings. The van der Waals surface area contributed by atoms with E-state index in [4.69, 9.17) is 22.1 Å². The Labute approximate surface area is 197 Å². The number of nitrogens with two attached hydrogens (primary N) is 1. The van der Waals surface area contributed by atoms with Crippen molar-refractivity contribution >= 4 is 44.7 Å². The minimum atomic E-state index is -4.23. The molecule has 0 radical (unpaired) electrons. The van der Waals surface area contributed by atoms with E-state index in [1.165, 1.54) is 25.2 Å². The third kappa shape index (κ3) is 7.31. The Morgan fingerprint density at radius 1 is 1.27 bits per heavy atom. The number of nitrogens with one attached hydrogen (secondary N) is 1. The first-order chi connectivity index (χ1) is 15.2. The fourth-order valence-electron chi connectivity index (χ4n) is 3.00. The van der Waals surface area contributed by atoms with E-state index in [9.17, 15) is 23.3 Å². The van der Waals surface area contributed by atoms with Crippen molar-refractivity contribution in [2.75, 3.05) is 24.6 Å². The molecule has 0 heterocycles. The van der Waals surface area contributed by atoms with Crippen LogP contribution in [0.15, 0.2) is 47.4 Å². The lowest BCUT2D eigenvalue weighted by molar-refractivity contribution is -0.387. The molecule has 12 heteroatoms. The van der Waals surface area contributed by atoms with Gasteiger partial charge < -0.3 is 15.8 Å². The van der Waals surface area contributed by atoms with E-state index >= 15 is 0 Å². The number of nitro benzene ring substituents is 1. The molecule has 0 aliphatic heterocycles. The van der Waals surface area contributed by atoms with Gasteiger partial charge in [-0.1, -0.05) is 23.7 Å². The molecular weight excluding hydrogens is 472 g/mol. The van der Waals surface area contributed by atoms with Crippen molar-refractivity contribution in [3.8, 4) is 0 Å². The van der Waals surface area contributed by atoms with E-state index in [2.05, 4.69) is 5.32 Å². The number of hydrogen-bond donors (Lipinski definition) is 2. The number of ether oxygens (including phenoxy) is 1. The molecule has 2 rings (SSSR count). The molecule has 0 aromatic heterocycles. The van der Waals surface area contributed by atoms with Crippen molar-refractivity contribution in [1.82, 2.24) is 4.31 Å². The molecule has 2 aromatic carbocycles. The van der Waals surface area contributed by atoms with Gasteiger partial charge in [-0.15, -0.1) is 0 Å². The smallest absolute Gasteiger partial charge is 0.308 e. The van der Waals surface area contributed by atoms with Gasteiger partial charge in [0.1, 0.15) is 5.60 Å². The fourth-order valence-corrected chi connectivity index (χ4v) is 4.55. The predicted octanol–water partition coefficient (Wildman–Crippen LogP) is 3.66. The summed E-state index contributed by atoms with van der Waals surface area (Å²) in [5, 5.41) is 14.7. The molecular formula is C21H27ClN4O6S. The molecule has 0 amide bonds. The van der Waals surface area contributed by atoms with E-state index in [0.29, 0.717) is 11.4 Å². The van der Waals surface area contributed by atoms with Gasteiger partial charge in [0.2, 0.25) is 10.0 Å². The van der Waals surface area contributed by atoms with E-state index in [1.54, 1.807) is 39.0 Å². The Balaban J connectivity index is 2.33. The summed E-state index contributed by atoms with van der Waals surface area (Å²) < 4.78 is 32.5.